The molecule has 0 aliphatic carbocycles. The predicted octanol–water partition coefficient (Wildman–Crippen LogP) is 12.3. The SMILES string of the molecule is c1ccc(C(c2ccc(-c3ccc(N(c4ccccc4)c4ccc5ccccc5c4)cc3)cc2)c2ccc3ccccc3c2)cc1. The number of nitrogens with zero attached hydrogens (tertiary/aromatic N) is 1. The molecule has 0 saturated carbocycles. The summed E-state index contributed by atoms with van der Waals surface area (Å²) in [5.74, 6) is 0.156. The Morgan fingerprint density at radius 3 is 1.37 bits per heavy atom. The molecule has 0 aliphatic heterocycles. The van der Waals surface area contributed by atoms with E-state index >= 15 is 0 Å². The van der Waals surface area contributed by atoms with Crippen LogP contribution >= 0.6 is 0 Å². The molecule has 0 aromatic heterocycles. The molecule has 0 aliphatic rings. The van der Waals surface area contributed by atoms with Crippen LogP contribution in [0.3, 0.4) is 0 Å². The van der Waals surface area contributed by atoms with Crippen LogP contribution in [0.15, 0.2) is 194 Å². The lowest BCUT2D eigenvalue weighted by Crippen LogP contribution is -2.09. The molecule has 0 bridgehead atoms. The number of hydrogen-bond acceptors (Lipinski definition) is 1. The molecule has 0 amide bonds. The van der Waals surface area contributed by atoms with E-state index < -0.39 is 0 Å². The molecule has 1 heteroatoms. The highest BCUT2D eigenvalue weighted by Crippen LogP contribution is 2.38. The van der Waals surface area contributed by atoms with Crippen LogP contribution in [0, 0.1) is 0 Å². The van der Waals surface area contributed by atoms with Gasteiger partial charge < -0.3 is 4.90 Å². The van der Waals surface area contributed by atoms with E-state index in [0.717, 1.165) is 17.1 Å². The lowest BCUT2D eigenvalue weighted by atomic mass is 9.84. The Morgan fingerprint density at radius 1 is 0.283 bits per heavy atom. The van der Waals surface area contributed by atoms with Crippen LogP contribution in [0.2, 0.25) is 0 Å². The van der Waals surface area contributed by atoms with Gasteiger partial charge in [-0.2, -0.15) is 0 Å². The molecule has 0 heterocycles. The maximum absolute atomic E-state index is 2.34. The molecule has 8 rings (SSSR count). The van der Waals surface area contributed by atoms with Crippen LogP contribution in [-0.4, -0.2) is 0 Å². The van der Waals surface area contributed by atoms with Gasteiger partial charge in [-0.15, -0.1) is 0 Å². The largest absolute Gasteiger partial charge is 0.310 e. The van der Waals surface area contributed by atoms with E-state index in [4.69, 9.17) is 0 Å². The average molecular weight is 588 g/mol. The van der Waals surface area contributed by atoms with Crippen molar-refractivity contribution < 1.29 is 0 Å². The highest BCUT2D eigenvalue weighted by atomic mass is 15.1. The van der Waals surface area contributed by atoms with Crippen molar-refractivity contribution in [1.29, 1.82) is 0 Å². The van der Waals surface area contributed by atoms with Crippen molar-refractivity contribution in [3.05, 3.63) is 211 Å². The summed E-state index contributed by atoms with van der Waals surface area (Å²) >= 11 is 0. The van der Waals surface area contributed by atoms with E-state index in [1.807, 2.05) is 0 Å². The lowest BCUT2D eigenvalue weighted by Gasteiger charge is -2.26. The summed E-state index contributed by atoms with van der Waals surface area (Å²) in [6.07, 6.45) is 0. The van der Waals surface area contributed by atoms with Gasteiger partial charge in [0.05, 0.1) is 0 Å². The minimum Gasteiger partial charge on any atom is -0.310 e. The molecule has 218 valence electrons. The normalized spacial score (nSPS) is 11.8. The van der Waals surface area contributed by atoms with E-state index in [9.17, 15) is 0 Å². The topological polar surface area (TPSA) is 3.24 Å². The van der Waals surface area contributed by atoms with Crippen molar-refractivity contribution in [3.63, 3.8) is 0 Å². The molecule has 0 spiro atoms. The van der Waals surface area contributed by atoms with Crippen LogP contribution in [0.5, 0.6) is 0 Å². The standard InChI is InChI=1S/C45H33N/c1-3-13-37(14-4-1)45(41-24-21-33-11-7-9-15-39(33)31-41)38-22-19-35(20-23-38)36-25-28-43(29-26-36)46(42-17-5-2-6-18-42)44-30-27-34-12-8-10-16-40(34)32-44/h1-32,45H. The molecule has 1 unspecified atom stereocenters. The van der Waals surface area contributed by atoms with Gasteiger partial charge in [0.25, 0.3) is 0 Å². The highest BCUT2D eigenvalue weighted by Gasteiger charge is 2.18. The first-order valence-electron chi connectivity index (χ1n) is 15.9. The Kier molecular flexibility index (Phi) is 7.34. The summed E-state index contributed by atoms with van der Waals surface area (Å²) in [4.78, 5) is 2.33. The summed E-state index contributed by atoms with van der Waals surface area (Å²) in [5, 5.41) is 5.01. The summed E-state index contributed by atoms with van der Waals surface area (Å²) in [5.41, 5.74) is 9.69. The van der Waals surface area contributed by atoms with Crippen molar-refractivity contribution >= 4 is 38.6 Å². The van der Waals surface area contributed by atoms with Crippen LogP contribution in [0.1, 0.15) is 22.6 Å². The van der Waals surface area contributed by atoms with Gasteiger partial charge in [-0.3, -0.25) is 0 Å². The summed E-state index contributed by atoms with van der Waals surface area (Å²) in [6, 6.07) is 70.1. The lowest BCUT2D eigenvalue weighted by molar-refractivity contribution is 0.980. The Hall–Kier alpha value is -5.92. The van der Waals surface area contributed by atoms with Crippen molar-refractivity contribution in [2.24, 2.45) is 0 Å². The van der Waals surface area contributed by atoms with Crippen LogP contribution in [0.4, 0.5) is 17.1 Å². The van der Waals surface area contributed by atoms with Crippen LogP contribution in [-0.2, 0) is 0 Å². The van der Waals surface area contributed by atoms with Gasteiger partial charge in [-0.05, 0) is 85.8 Å². The third-order valence-corrected chi connectivity index (χ3v) is 8.95. The zero-order valence-corrected chi connectivity index (χ0v) is 25.5. The van der Waals surface area contributed by atoms with E-state index in [0.29, 0.717) is 0 Å². The molecule has 0 N–H and O–H groups in total. The predicted molar refractivity (Wildman–Crippen MR) is 195 cm³/mol. The number of rotatable bonds is 7. The first-order valence-corrected chi connectivity index (χ1v) is 15.9. The minimum absolute atomic E-state index is 0.156. The second kappa shape index (κ2) is 12.2. The maximum atomic E-state index is 2.34. The molecule has 46 heavy (non-hydrogen) atoms. The van der Waals surface area contributed by atoms with Crippen molar-refractivity contribution in [2.75, 3.05) is 4.90 Å². The fourth-order valence-corrected chi connectivity index (χ4v) is 6.62. The Labute approximate surface area is 270 Å². The molecule has 0 radical (unpaired) electrons. The van der Waals surface area contributed by atoms with Crippen molar-refractivity contribution in [1.82, 2.24) is 0 Å². The minimum atomic E-state index is 0.156. The fourth-order valence-electron chi connectivity index (χ4n) is 6.62. The Morgan fingerprint density at radius 2 is 0.717 bits per heavy atom. The van der Waals surface area contributed by atoms with Gasteiger partial charge in [0.1, 0.15) is 0 Å². The van der Waals surface area contributed by atoms with Gasteiger partial charge in [-0.25, -0.2) is 0 Å². The molecule has 1 nitrogen and oxygen atoms in total. The third-order valence-electron chi connectivity index (χ3n) is 8.95. The zero-order valence-electron chi connectivity index (χ0n) is 25.5. The second-order valence-electron chi connectivity index (χ2n) is 11.8. The summed E-state index contributed by atoms with van der Waals surface area (Å²) in [7, 11) is 0. The van der Waals surface area contributed by atoms with Gasteiger partial charge in [0.2, 0.25) is 0 Å². The molecular formula is C45H33N. The molecule has 8 aromatic rings. The first kappa shape index (κ1) is 27.6. The van der Waals surface area contributed by atoms with Gasteiger partial charge in [0, 0.05) is 23.0 Å². The van der Waals surface area contributed by atoms with E-state index in [-0.39, 0.29) is 5.92 Å². The quantitative estimate of drug-likeness (QED) is 0.168. The van der Waals surface area contributed by atoms with Gasteiger partial charge in [-0.1, -0.05) is 158 Å². The Balaban J connectivity index is 1.13. The highest BCUT2D eigenvalue weighted by molar-refractivity contribution is 5.89. The smallest absolute Gasteiger partial charge is 0.0468 e. The zero-order chi connectivity index (χ0) is 30.7. The van der Waals surface area contributed by atoms with Gasteiger partial charge in [0.15, 0.2) is 0 Å². The second-order valence-corrected chi connectivity index (χ2v) is 11.8. The molecule has 1 atom stereocenters. The molecule has 0 fully saturated rings. The van der Waals surface area contributed by atoms with E-state index in [1.54, 1.807) is 0 Å². The Bertz CT molecular complexity index is 2070. The number of hydrogen-bond donors (Lipinski definition) is 0. The number of anilines is 3. The fraction of sp³-hybridized carbons (Fsp3) is 0.0222. The van der Waals surface area contributed by atoms with Crippen LogP contribution in [0.25, 0.3) is 32.7 Å². The van der Waals surface area contributed by atoms with E-state index in [2.05, 4.69) is 199 Å². The summed E-state index contributed by atoms with van der Waals surface area (Å²) in [6.45, 7) is 0. The van der Waals surface area contributed by atoms with E-state index in [1.165, 1.54) is 49.4 Å². The first-order chi connectivity index (χ1) is 22.8. The average Bonchev–Trinajstić information content (AvgIpc) is 3.13. The molecular weight excluding hydrogens is 555 g/mol. The number of benzene rings is 8. The maximum Gasteiger partial charge on any atom is 0.0468 e. The summed E-state index contributed by atoms with van der Waals surface area (Å²) < 4.78 is 0. The number of para-hydroxylation sites is 1. The molecule has 8 aromatic carbocycles. The monoisotopic (exact) mass is 587 g/mol. The van der Waals surface area contributed by atoms with Crippen LogP contribution < -0.4 is 4.90 Å². The third kappa shape index (κ3) is 5.44. The van der Waals surface area contributed by atoms with Crippen molar-refractivity contribution in [3.8, 4) is 11.1 Å². The van der Waals surface area contributed by atoms with Gasteiger partial charge >= 0.3 is 0 Å². The number of fused-ring (bicyclic) bond motifs is 2. The molecule has 0 saturated heterocycles. The van der Waals surface area contributed by atoms with Crippen molar-refractivity contribution in [2.45, 2.75) is 5.92 Å².